The van der Waals surface area contributed by atoms with Gasteiger partial charge in [-0.1, -0.05) is 34.1 Å². The Morgan fingerprint density at radius 2 is 1.90 bits per heavy atom. The number of esters is 1. The van der Waals surface area contributed by atoms with Crippen LogP contribution in [0, 0.1) is 0 Å². The van der Waals surface area contributed by atoms with Gasteiger partial charge in [0.25, 0.3) is 10.0 Å². The van der Waals surface area contributed by atoms with Crippen LogP contribution in [-0.4, -0.2) is 25.0 Å². The van der Waals surface area contributed by atoms with Gasteiger partial charge >= 0.3 is 5.97 Å². The zero-order valence-corrected chi connectivity index (χ0v) is 13.7. The highest BCUT2D eigenvalue weighted by Gasteiger charge is 2.24. The van der Waals surface area contributed by atoms with Crippen molar-refractivity contribution < 1.29 is 17.9 Å². The van der Waals surface area contributed by atoms with E-state index in [9.17, 15) is 13.2 Å². The lowest BCUT2D eigenvalue weighted by molar-refractivity contribution is 0.0525. The van der Waals surface area contributed by atoms with Gasteiger partial charge in [-0.15, -0.1) is 0 Å². The molecule has 1 aromatic heterocycles. The summed E-state index contributed by atoms with van der Waals surface area (Å²) in [6.45, 7) is 1.93. The van der Waals surface area contributed by atoms with Crippen LogP contribution in [0.5, 0.6) is 0 Å². The number of nitrogens with zero attached hydrogens (tertiary/aromatic N) is 1. The Hall–Kier alpha value is -1.60. The summed E-state index contributed by atoms with van der Waals surface area (Å²) >= 11 is 3.23. The number of halogens is 1. The highest BCUT2D eigenvalue weighted by molar-refractivity contribution is 9.08. The van der Waals surface area contributed by atoms with Gasteiger partial charge in [0, 0.05) is 11.5 Å². The summed E-state index contributed by atoms with van der Waals surface area (Å²) in [6, 6.07) is 9.51. The predicted octanol–water partition coefficient (Wildman–Crippen LogP) is 2.80. The summed E-state index contributed by atoms with van der Waals surface area (Å²) in [5, 5.41) is 0.222. The van der Waals surface area contributed by atoms with E-state index in [0.29, 0.717) is 5.69 Å². The first-order chi connectivity index (χ1) is 10.0. The molecule has 0 fully saturated rings. The first-order valence-electron chi connectivity index (χ1n) is 6.26. The van der Waals surface area contributed by atoms with Crippen molar-refractivity contribution >= 4 is 31.9 Å². The first-order valence-corrected chi connectivity index (χ1v) is 8.82. The number of alkyl halides is 1. The molecule has 0 radical (unpaired) electrons. The summed E-state index contributed by atoms with van der Waals surface area (Å²) in [5.41, 5.74) is 0.588. The van der Waals surface area contributed by atoms with Crippen LogP contribution >= 0.6 is 15.9 Å². The number of benzene rings is 1. The standard InChI is InChI=1S/C14H14BrNO4S/c1-2-20-14(17)12-8-9-16(13(12)10-15)21(18,19)11-6-4-3-5-7-11/h3-9H,2,10H2,1H3. The number of hydrogen-bond donors (Lipinski definition) is 0. The molecule has 0 saturated heterocycles. The van der Waals surface area contributed by atoms with Crippen LogP contribution in [-0.2, 0) is 20.1 Å². The van der Waals surface area contributed by atoms with Crippen molar-refractivity contribution in [3.8, 4) is 0 Å². The topological polar surface area (TPSA) is 65.4 Å². The maximum atomic E-state index is 12.6. The predicted molar refractivity (Wildman–Crippen MR) is 82.0 cm³/mol. The van der Waals surface area contributed by atoms with Crippen molar-refractivity contribution in [1.29, 1.82) is 0 Å². The summed E-state index contributed by atoms with van der Waals surface area (Å²) in [5.74, 6) is -0.533. The van der Waals surface area contributed by atoms with Gasteiger partial charge in [0.05, 0.1) is 22.8 Å². The molecule has 0 unspecified atom stereocenters. The van der Waals surface area contributed by atoms with Gasteiger partial charge in [-0.3, -0.25) is 0 Å². The lowest BCUT2D eigenvalue weighted by Crippen LogP contribution is -2.16. The highest BCUT2D eigenvalue weighted by Crippen LogP contribution is 2.22. The van der Waals surface area contributed by atoms with Gasteiger partial charge < -0.3 is 4.74 Å². The zero-order chi connectivity index (χ0) is 15.5. The molecular formula is C14H14BrNO4S. The van der Waals surface area contributed by atoms with E-state index in [0.717, 1.165) is 3.97 Å². The molecule has 7 heteroatoms. The molecule has 0 amide bonds. The molecule has 112 valence electrons. The monoisotopic (exact) mass is 371 g/mol. The van der Waals surface area contributed by atoms with E-state index in [1.807, 2.05) is 0 Å². The molecule has 0 aliphatic rings. The second kappa shape index (κ2) is 6.44. The fourth-order valence-electron chi connectivity index (χ4n) is 1.90. The minimum absolute atomic E-state index is 0.165. The number of hydrogen-bond acceptors (Lipinski definition) is 4. The third-order valence-electron chi connectivity index (χ3n) is 2.88. The van der Waals surface area contributed by atoms with Gasteiger partial charge in [-0.2, -0.15) is 0 Å². The van der Waals surface area contributed by atoms with E-state index >= 15 is 0 Å². The fourth-order valence-corrected chi connectivity index (χ4v) is 4.04. The Morgan fingerprint density at radius 3 is 2.48 bits per heavy atom. The molecule has 21 heavy (non-hydrogen) atoms. The third-order valence-corrected chi connectivity index (χ3v) is 5.13. The molecule has 0 bridgehead atoms. The second-order valence-corrected chi connectivity index (χ2v) is 6.52. The SMILES string of the molecule is CCOC(=O)c1ccn(S(=O)(=O)c2ccccc2)c1CBr. The Bertz CT molecular complexity index is 738. The van der Waals surface area contributed by atoms with Crippen LogP contribution in [0.4, 0.5) is 0 Å². The molecule has 0 atom stereocenters. The molecule has 0 aliphatic heterocycles. The van der Waals surface area contributed by atoms with E-state index in [4.69, 9.17) is 4.74 Å². The van der Waals surface area contributed by atoms with E-state index in [-0.39, 0.29) is 22.4 Å². The minimum Gasteiger partial charge on any atom is -0.462 e. The molecule has 5 nitrogen and oxygen atoms in total. The Labute approximate surface area is 131 Å². The number of carbonyl (C=O) groups excluding carboxylic acids is 1. The van der Waals surface area contributed by atoms with Gasteiger partial charge in [-0.25, -0.2) is 17.2 Å². The third kappa shape index (κ3) is 3.03. The summed E-state index contributed by atoms with van der Waals surface area (Å²) in [4.78, 5) is 12.0. The van der Waals surface area contributed by atoms with Crippen LogP contribution in [0.1, 0.15) is 23.0 Å². The van der Waals surface area contributed by atoms with Crippen molar-refractivity contribution in [3.05, 3.63) is 53.9 Å². The first kappa shape index (κ1) is 15.8. The molecule has 0 spiro atoms. The van der Waals surface area contributed by atoms with E-state index in [2.05, 4.69) is 15.9 Å². The zero-order valence-electron chi connectivity index (χ0n) is 11.3. The average Bonchev–Trinajstić information content (AvgIpc) is 2.93. The van der Waals surface area contributed by atoms with Gasteiger partial charge in [0.2, 0.25) is 0 Å². The number of ether oxygens (including phenoxy) is 1. The number of rotatable bonds is 5. The molecule has 1 heterocycles. The van der Waals surface area contributed by atoms with Crippen LogP contribution in [0.2, 0.25) is 0 Å². The largest absolute Gasteiger partial charge is 0.462 e. The summed E-state index contributed by atoms with van der Waals surface area (Å²) < 4.78 is 31.2. The van der Waals surface area contributed by atoms with Gasteiger partial charge in [-0.05, 0) is 25.1 Å². The quantitative estimate of drug-likeness (QED) is 0.598. The smallest absolute Gasteiger partial charge is 0.340 e. The maximum Gasteiger partial charge on any atom is 0.340 e. The lowest BCUT2D eigenvalue weighted by atomic mass is 10.2. The highest BCUT2D eigenvalue weighted by atomic mass is 79.9. The molecule has 2 rings (SSSR count). The van der Waals surface area contributed by atoms with E-state index < -0.39 is 16.0 Å². The fraction of sp³-hybridized carbons (Fsp3) is 0.214. The van der Waals surface area contributed by atoms with Gasteiger partial charge in [0.1, 0.15) is 0 Å². The van der Waals surface area contributed by atoms with Crippen LogP contribution in [0.25, 0.3) is 0 Å². The normalized spacial score (nSPS) is 11.3. The second-order valence-electron chi connectivity index (χ2n) is 4.14. The Kier molecular flexibility index (Phi) is 4.84. The molecular weight excluding hydrogens is 358 g/mol. The van der Waals surface area contributed by atoms with Crippen molar-refractivity contribution in [2.45, 2.75) is 17.1 Å². The lowest BCUT2D eigenvalue weighted by Gasteiger charge is -2.10. The summed E-state index contributed by atoms with van der Waals surface area (Å²) in [6.07, 6.45) is 1.37. The molecule has 0 saturated carbocycles. The van der Waals surface area contributed by atoms with Crippen LogP contribution < -0.4 is 0 Å². The van der Waals surface area contributed by atoms with E-state index in [1.165, 1.54) is 24.4 Å². The molecule has 2 aromatic rings. The van der Waals surface area contributed by atoms with Crippen LogP contribution in [0.15, 0.2) is 47.5 Å². The van der Waals surface area contributed by atoms with Crippen molar-refractivity contribution in [2.75, 3.05) is 6.61 Å². The molecule has 0 aliphatic carbocycles. The van der Waals surface area contributed by atoms with E-state index in [1.54, 1.807) is 25.1 Å². The maximum absolute atomic E-state index is 12.6. The Balaban J connectivity index is 2.53. The van der Waals surface area contributed by atoms with Gasteiger partial charge in [0.15, 0.2) is 0 Å². The summed E-state index contributed by atoms with van der Waals surface area (Å²) in [7, 11) is -3.73. The number of carbonyl (C=O) groups is 1. The van der Waals surface area contributed by atoms with Crippen molar-refractivity contribution in [1.82, 2.24) is 3.97 Å². The average molecular weight is 372 g/mol. The van der Waals surface area contributed by atoms with Crippen molar-refractivity contribution in [3.63, 3.8) is 0 Å². The Morgan fingerprint density at radius 1 is 1.24 bits per heavy atom. The van der Waals surface area contributed by atoms with Crippen LogP contribution in [0.3, 0.4) is 0 Å². The number of aromatic nitrogens is 1. The minimum atomic E-state index is -3.73. The molecule has 1 aromatic carbocycles. The molecule has 0 N–H and O–H groups in total. The van der Waals surface area contributed by atoms with Crippen molar-refractivity contribution in [2.24, 2.45) is 0 Å².